The summed E-state index contributed by atoms with van der Waals surface area (Å²) in [6.45, 7) is 1.71. The van der Waals surface area contributed by atoms with Crippen molar-refractivity contribution in [2.24, 2.45) is 0 Å². The molecule has 1 unspecified atom stereocenters. The van der Waals surface area contributed by atoms with Crippen molar-refractivity contribution in [2.45, 2.75) is 31.8 Å². The summed E-state index contributed by atoms with van der Waals surface area (Å²) >= 11 is 0. The zero-order chi connectivity index (χ0) is 12.4. The van der Waals surface area contributed by atoms with Crippen LogP contribution in [0, 0.1) is 0 Å². The molecule has 1 atom stereocenters. The summed E-state index contributed by atoms with van der Waals surface area (Å²) < 4.78 is 5.40. The number of anilines is 2. The highest BCUT2D eigenvalue weighted by Gasteiger charge is 2.24. The highest BCUT2D eigenvalue weighted by Crippen LogP contribution is 2.29. The predicted molar refractivity (Wildman–Crippen MR) is 70.9 cm³/mol. The number of fused-ring (bicyclic) bond motifs is 1. The number of hydrogen-bond donors (Lipinski definition) is 2. The van der Waals surface area contributed by atoms with Gasteiger partial charge in [-0.05, 0) is 43.4 Å². The summed E-state index contributed by atoms with van der Waals surface area (Å²) in [7, 11) is 0. The zero-order valence-electron chi connectivity index (χ0n) is 10.4. The normalized spacial score (nSPS) is 22.1. The van der Waals surface area contributed by atoms with Crippen LogP contribution in [0.3, 0.4) is 0 Å². The highest BCUT2D eigenvalue weighted by atomic mass is 16.5. The number of ether oxygens (including phenoxy) is 1. The molecule has 1 fully saturated rings. The van der Waals surface area contributed by atoms with Crippen LogP contribution >= 0.6 is 0 Å². The smallest absolute Gasteiger partial charge is 0.253 e. The van der Waals surface area contributed by atoms with Crippen molar-refractivity contribution in [3.05, 3.63) is 23.8 Å². The number of benzene rings is 1. The molecule has 2 heterocycles. The second-order valence-corrected chi connectivity index (χ2v) is 4.85. The Morgan fingerprint density at radius 3 is 3.17 bits per heavy atom. The van der Waals surface area contributed by atoms with E-state index in [1.165, 1.54) is 5.56 Å². The van der Waals surface area contributed by atoms with E-state index in [2.05, 4.69) is 16.7 Å². The molecule has 0 aliphatic carbocycles. The molecule has 3 rings (SSSR count). The maximum absolute atomic E-state index is 12.0. The van der Waals surface area contributed by atoms with Crippen LogP contribution < -0.4 is 10.6 Å². The van der Waals surface area contributed by atoms with Gasteiger partial charge in [0, 0.05) is 24.5 Å². The van der Waals surface area contributed by atoms with Gasteiger partial charge in [0.25, 0.3) is 5.91 Å². The molecule has 1 saturated heterocycles. The Bertz CT molecular complexity index is 453. The van der Waals surface area contributed by atoms with Crippen molar-refractivity contribution in [3.63, 3.8) is 0 Å². The molecule has 96 valence electrons. The minimum absolute atomic E-state index is 0.00789. The fourth-order valence-corrected chi connectivity index (χ4v) is 2.62. The topological polar surface area (TPSA) is 50.4 Å². The minimum Gasteiger partial charge on any atom is -0.385 e. The first-order valence-electron chi connectivity index (χ1n) is 6.63. The van der Waals surface area contributed by atoms with Gasteiger partial charge in [-0.15, -0.1) is 0 Å². The van der Waals surface area contributed by atoms with Gasteiger partial charge < -0.3 is 15.4 Å². The van der Waals surface area contributed by atoms with E-state index >= 15 is 0 Å². The van der Waals surface area contributed by atoms with E-state index in [1.54, 1.807) is 0 Å². The maximum atomic E-state index is 12.0. The summed E-state index contributed by atoms with van der Waals surface area (Å²) in [5.74, 6) is -0.00789. The Labute approximate surface area is 107 Å². The third-order valence-corrected chi connectivity index (χ3v) is 3.58. The van der Waals surface area contributed by atoms with Crippen LogP contribution in [-0.4, -0.2) is 25.2 Å². The van der Waals surface area contributed by atoms with E-state index in [-0.39, 0.29) is 12.0 Å². The van der Waals surface area contributed by atoms with Crippen molar-refractivity contribution >= 4 is 17.3 Å². The molecule has 2 aliphatic heterocycles. The first kappa shape index (κ1) is 11.5. The van der Waals surface area contributed by atoms with Crippen molar-refractivity contribution in [3.8, 4) is 0 Å². The van der Waals surface area contributed by atoms with Crippen molar-refractivity contribution in [2.75, 3.05) is 23.8 Å². The minimum atomic E-state index is -0.266. The van der Waals surface area contributed by atoms with Crippen molar-refractivity contribution < 1.29 is 9.53 Å². The fourth-order valence-electron chi connectivity index (χ4n) is 2.62. The van der Waals surface area contributed by atoms with Crippen LogP contribution in [0.4, 0.5) is 11.4 Å². The molecule has 0 bridgehead atoms. The lowest BCUT2D eigenvalue weighted by Gasteiger charge is -2.21. The molecule has 4 heteroatoms. The van der Waals surface area contributed by atoms with Crippen LogP contribution in [0.2, 0.25) is 0 Å². The summed E-state index contributed by atoms with van der Waals surface area (Å²) in [5.41, 5.74) is 3.29. The Morgan fingerprint density at radius 2 is 2.33 bits per heavy atom. The van der Waals surface area contributed by atoms with Gasteiger partial charge in [0.15, 0.2) is 0 Å². The summed E-state index contributed by atoms with van der Waals surface area (Å²) in [5, 5.41) is 6.37. The number of rotatable bonds is 2. The van der Waals surface area contributed by atoms with E-state index in [0.29, 0.717) is 6.61 Å². The Kier molecular flexibility index (Phi) is 3.19. The Morgan fingerprint density at radius 1 is 1.39 bits per heavy atom. The van der Waals surface area contributed by atoms with E-state index in [9.17, 15) is 4.79 Å². The number of carbonyl (C=O) groups is 1. The zero-order valence-corrected chi connectivity index (χ0v) is 10.4. The Hall–Kier alpha value is -1.55. The van der Waals surface area contributed by atoms with Crippen LogP contribution in [0.25, 0.3) is 0 Å². The molecular weight excluding hydrogens is 228 g/mol. The maximum Gasteiger partial charge on any atom is 0.253 e. The predicted octanol–water partition coefficient (Wildman–Crippen LogP) is 2.16. The SMILES string of the molecule is O=C(Nc1cccc2c1CCCN2)C1CCCO1. The molecule has 2 aliphatic rings. The molecule has 18 heavy (non-hydrogen) atoms. The third kappa shape index (κ3) is 2.20. The molecular formula is C14H18N2O2. The first-order valence-corrected chi connectivity index (χ1v) is 6.63. The van der Waals surface area contributed by atoms with Gasteiger partial charge in [-0.1, -0.05) is 6.07 Å². The average molecular weight is 246 g/mol. The second kappa shape index (κ2) is 4.98. The standard InChI is InChI=1S/C14H18N2O2/c17-14(13-7-3-9-18-13)16-12-6-1-5-11-10(12)4-2-8-15-11/h1,5-6,13,15H,2-4,7-9H2,(H,16,17). The second-order valence-electron chi connectivity index (χ2n) is 4.85. The summed E-state index contributed by atoms with van der Waals surface area (Å²) in [4.78, 5) is 12.0. The molecule has 1 amide bonds. The van der Waals surface area contributed by atoms with Gasteiger partial charge in [-0.25, -0.2) is 0 Å². The van der Waals surface area contributed by atoms with E-state index in [4.69, 9.17) is 4.74 Å². The number of amides is 1. The van der Waals surface area contributed by atoms with Crippen LogP contribution in [0.15, 0.2) is 18.2 Å². The van der Waals surface area contributed by atoms with Crippen LogP contribution in [-0.2, 0) is 16.0 Å². The lowest BCUT2D eigenvalue weighted by molar-refractivity contribution is -0.124. The van der Waals surface area contributed by atoms with Gasteiger partial charge in [-0.3, -0.25) is 4.79 Å². The molecule has 1 aromatic rings. The lowest BCUT2D eigenvalue weighted by atomic mass is 10.0. The van der Waals surface area contributed by atoms with Gasteiger partial charge in [-0.2, -0.15) is 0 Å². The van der Waals surface area contributed by atoms with Gasteiger partial charge in [0.2, 0.25) is 0 Å². The number of hydrogen-bond acceptors (Lipinski definition) is 3. The quantitative estimate of drug-likeness (QED) is 0.840. The van der Waals surface area contributed by atoms with Gasteiger partial charge >= 0.3 is 0 Å². The molecule has 0 saturated carbocycles. The van der Waals surface area contributed by atoms with Crippen molar-refractivity contribution in [1.29, 1.82) is 0 Å². The average Bonchev–Trinajstić information content (AvgIpc) is 2.93. The van der Waals surface area contributed by atoms with Crippen LogP contribution in [0.5, 0.6) is 0 Å². The van der Waals surface area contributed by atoms with Crippen molar-refractivity contribution in [1.82, 2.24) is 0 Å². The molecule has 0 aromatic heterocycles. The fraction of sp³-hybridized carbons (Fsp3) is 0.500. The molecule has 2 N–H and O–H groups in total. The van der Waals surface area contributed by atoms with Gasteiger partial charge in [0.05, 0.1) is 0 Å². The molecule has 4 nitrogen and oxygen atoms in total. The summed E-state index contributed by atoms with van der Waals surface area (Å²) in [6, 6.07) is 6.01. The molecule has 0 radical (unpaired) electrons. The van der Waals surface area contributed by atoms with E-state index in [0.717, 1.165) is 43.6 Å². The monoisotopic (exact) mass is 246 g/mol. The molecule has 0 spiro atoms. The first-order chi connectivity index (χ1) is 8.84. The molecule has 1 aromatic carbocycles. The van der Waals surface area contributed by atoms with E-state index < -0.39 is 0 Å². The number of carbonyl (C=O) groups excluding carboxylic acids is 1. The van der Waals surface area contributed by atoms with Gasteiger partial charge in [0.1, 0.15) is 6.10 Å². The third-order valence-electron chi connectivity index (χ3n) is 3.58. The highest BCUT2D eigenvalue weighted by molar-refractivity contribution is 5.95. The summed E-state index contributed by atoms with van der Waals surface area (Å²) in [6.07, 6.45) is 3.67. The largest absolute Gasteiger partial charge is 0.385 e. The number of nitrogens with one attached hydrogen (secondary N) is 2. The van der Waals surface area contributed by atoms with E-state index in [1.807, 2.05) is 12.1 Å². The lowest BCUT2D eigenvalue weighted by Crippen LogP contribution is -2.27. The van der Waals surface area contributed by atoms with Crippen LogP contribution in [0.1, 0.15) is 24.8 Å². The Balaban J connectivity index is 1.77.